The van der Waals surface area contributed by atoms with E-state index in [2.05, 4.69) is 11.8 Å². The molecular formula is C16H14FNO2S. The van der Waals surface area contributed by atoms with Gasteiger partial charge in [-0.2, -0.15) is 0 Å². The number of nitrogens with zero attached hydrogens (tertiary/aromatic N) is 1. The molecule has 1 aromatic carbocycles. The summed E-state index contributed by atoms with van der Waals surface area (Å²) in [6.07, 6.45) is 0. The highest BCUT2D eigenvalue weighted by atomic mass is 32.1. The van der Waals surface area contributed by atoms with Crippen LogP contribution in [0.15, 0.2) is 36.4 Å². The van der Waals surface area contributed by atoms with E-state index in [-0.39, 0.29) is 18.3 Å². The summed E-state index contributed by atoms with van der Waals surface area (Å²) < 4.78 is 13.1. The van der Waals surface area contributed by atoms with Gasteiger partial charge >= 0.3 is 0 Å². The Morgan fingerprint density at radius 3 is 2.90 bits per heavy atom. The molecule has 2 rings (SSSR count). The molecule has 1 amide bonds. The summed E-state index contributed by atoms with van der Waals surface area (Å²) in [5.41, 5.74) is 0.739. The first-order valence-electron chi connectivity index (χ1n) is 6.29. The highest BCUT2D eigenvalue weighted by molar-refractivity contribution is 7.14. The van der Waals surface area contributed by atoms with Crippen LogP contribution in [0.4, 0.5) is 4.39 Å². The Bertz CT molecular complexity index is 700. The van der Waals surface area contributed by atoms with Crippen molar-refractivity contribution in [2.45, 2.75) is 6.54 Å². The number of benzene rings is 1. The molecule has 0 aliphatic carbocycles. The van der Waals surface area contributed by atoms with Gasteiger partial charge in [0.1, 0.15) is 12.4 Å². The molecule has 0 atom stereocenters. The lowest BCUT2D eigenvalue weighted by Crippen LogP contribution is -2.25. The number of hydrogen-bond acceptors (Lipinski definition) is 3. The molecule has 0 saturated carbocycles. The molecular weight excluding hydrogens is 289 g/mol. The number of amides is 1. The van der Waals surface area contributed by atoms with E-state index >= 15 is 0 Å². The highest BCUT2D eigenvalue weighted by Gasteiger charge is 2.14. The molecule has 2 aromatic rings. The average molecular weight is 303 g/mol. The summed E-state index contributed by atoms with van der Waals surface area (Å²) >= 11 is 1.27. The molecule has 3 nitrogen and oxygen atoms in total. The summed E-state index contributed by atoms with van der Waals surface area (Å²) in [5, 5.41) is 8.64. The van der Waals surface area contributed by atoms with Crippen LogP contribution in [0, 0.1) is 17.7 Å². The predicted octanol–water partition coefficient (Wildman–Crippen LogP) is 2.50. The average Bonchev–Trinajstić information content (AvgIpc) is 2.93. The standard InChI is InChI=1S/C16H14FNO2S/c1-18(11-12-4-2-5-13(17)10-12)16(20)15-8-7-14(21-15)6-3-9-19/h2,4-5,7-8,10,19H,9,11H2,1H3. The lowest BCUT2D eigenvalue weighted by molar-refractivity contribution is 0.0789. The summed E-state index contributed by atoms with van der Waals surface area (Å²) in [7, 11) is 1.67. The second-order valence-corrected chi connectivity index (χ2v) is 5.50. The van der Waals surface area contributed by atoms with Gasteiger partial charge in [0, 0.05) is 13.6 Å². The Hall–Kier alpha value is -2.16. The van der Waals surface area contributed by atoms with Gasteiger partial charge < -0.3 is 10.0 Å². The minimum absolute atomic E-state index is 0.138. The third-order valence-electron chi connectivity index (χ3n) is 2.76. The maximum atomic E-state index is 13.1. The van der Waals surface area contributed by atoms with Crippen LogP contribution >= 0.6 is 11.3 Å². The zero-order valence-electron chi connectivity index (χ0n) is 11.5. The van der Waals surface area contributed by atoms with Crippen molar-refractivity contribution in [2.24, 2.45) is 0 Å². The Morgan fingerprint density at radius 2 is 2.19 bits per heavy atom. The van der Waals surface area contributed by atoms with E-state index in [1.165, 1.54) is 28.4 Å². The largest absolute Gasteiger partial charge is 0.384 e. The zero-order valence-corrected chi connectivity index (χ0v) is 12.3. The van der Waals surface area contributed by atoms with Gasteiger partial charge in [0.15, 0.2) is 0 Å². The maximum Gasteiger partial charge on any atom is 0.264 e. The lowest BCUT2D eigenvalue weighted by atomic mass is 10.2. The molecule has 0 aliphatic heterocycles. The molecule has 0 saturated heterocycles. The molecule has 0 bridgehead atoms. The van der Waals surface area contributed by atoms with Gasteiger partial charge in [-0.3, -0.25) is 4.79 Å². The molecule has 1 aromatic heterocycles. The van der Waals surface area contributed by atoms with E-state index in [0.29, 0.717) is 11.4 Å². The fourth-order valence-electron chi connectivity index (χ4n) is 1.82. The van der Waals surface area contributed by atoms with E-state index in [0.717, 1.165) is 10.4 Å². The Morgan fingerprint density at radius 1 is 1.38 bits per heavy atom. The minimum Gasteiger partial charge on any atom is -0.384 e. The molecule has 0 unspecified atom stereocenters. The van der Waals surface area contributed by atoms with E-state index in [4.69, 9.17) is 5.11 Å². The molecule has 0 fully saturated rings. The summed E-state index contributed by atoms with van der Waals surface area (Å²) in [5.74, 6) is 4.85. The monoisotopic (exact) mass is 303 g/mol. The number of carbonyl (C=O) groups excluding carboxylic acids is 1. The van der Waals surface area contributed by atoms with Crippen LogP contribution in [0.2, 0.25) is 0 Å². The number of carbonyl (C=O) groups is 1. The SMILES string of the molecule is CN(Cc1cccc(F)c1)C(=O)c1ccc(C#CCO)s1. The van der Waals surface area contributed by atoms with Crippen LogP contribution in [0.3, 0.4) is 0 Å². The zero-order chi connectivity index (χ0) is 15.2. The Labute approximate surface area is 126 Å². The summed E-state index contributed by atoms with van der Waals surface area (Å²) in [6, 6.07) is 9.64. The summed E-state index contributed by atoms with van der Waals surface area (Å²) in [4.78, 5) is 15.1. The second kappa shape index (κ2) is 7.02. The number of aliphatic hydroxyl groups is 1. The number of rotatable bonds is 3. The van der Waals surface area contributed by atoms with E-state index in [1.807, 2.05) is 0 Å². The van der Waals surface area contributed by atoms with Crippen LogP contribution in [0.25, 0.3) is 0 Å². The minimum atomic E-state index is -0.314. The van der Waals surface area contributed by atoms with Crippen molar-refractivity contribution < 1.29 is 14.3 Å². The first-order chi connectivity index (χ1) is 10.1. The topological polar surface area (TPSA) is 40.5 Å². The Balaban J connectivity index is 2.07. The van der Waals surface area contributed by atoms with E-state index in [9.17, 15) is 9.18 Å². The van der Waals surface area contributed by atoms with Crippen molar-refractivity contribution in [3.8, 4) is 11.8 Å². The van der Waals surface area contributed by atoms with Gasteiger partial charge in [0.2, 0.25) is 0 Å². The van der Waals surface area contributed by atoms with Crippen LogP contribution in [-0.4, -0.2) is 29.6 Å². The van der Waals surface area contributed by atoms with Gasteiger partial charge in [-0.1, -0.05) is 24.0 Å². The third-order valence-corrected chi connectivity index (χ3v) is 3.75. The number of thiophene rings is 1. The van der Waals surface area contributed by atoms with Gasteiger partial charge in [0.05, 0.1) is 9.75 Å². The molecule has 1 N–H and O–H groups in total. The lowest BCUT2D eigenvalue weighted by Gasteiger charge is -2.16. The Kier molecular flexibility index (Phi) is 5.09. The van der Waals surface area contributed by atoms with Crippen molar-refractivity contribution in [2.75, 3.05) is 13.7 Å². The maximum absolute atomic E-state index is 13.1. The normalized spacial score (nSPS) is 9.86. The fraction of sp³-hybridized carbons (Fsp3) is 0.188. The predicted molar refractivity (Wildman–Crippen MR) is 80.5 cm³/mol. The van der Waals surface area contributed by atoms with Crippen LogP contribution < -0.4 is 0 Å². The quantitative estimate of drug-likeness (QED) is 0.885. The van der Waals surface area contributed by atoms with Crippen molar-refractivity contribution in [1.82, 2.24) is 4.90 Å². The molecule has 1 heterocycles. The van der Waals surface area contributed by atoms with Crippen molar-refractivity contribution in [3.05, 3.63) is 57.5 Å². The second-order valence-electron chi connectivity index (χ2n) is 4.41. The van der Waals surface area contributed by atoms with Crippen LogP contribution in [0.1, 0.15) is 20.1 Å². The fourth-order valence-corrected chi connectivity index (χ4v) is 2.69. The number of halogens is 1. The van der Waals surface area contributed by atoms with Crippen LogP contribution in [0.5, 0.6) is 0 Å². The van der Waals surface area contributed by atoms with E-state index in [1.54, 1.807) is 31.3 Å². The molecule has 5 heteroatoms. The molecule has 0 aliphatic rings. The number of aliphatic hydroxyl groups excluding tert-OH is 1. The smallest absolute Gasteiger partial charge is 0.264 e. The first kappa shape index (κ1) is 15.2. The summed E-state index contributed by atoms with van der Waals surface area (Å²) in [6.45, 7) is 0.132. The van der Waals surface area contributed by atoms with Crippen molar-refractivity contribution in [1.29, 1.82) is 0 Å². The van der Waals surface area contributed by atoms with Gasteiger partial charge in [0.25, 0.3) is 5.91 Å². The molecule has 0 radical (unpaired) electrons. The number of hydrogen-bond donors (Lipinski definition) is 1. The van der Waals surface area contributed by atoms with Crippen LogP contribution in [-0.2, 0) is 6.54 Å². The van der Waals surface area contributed by atoms with E-state index < -0.39 is 0 Å². The van der Waals surface area contributed by atoms with Crippen molar-refractivity contribution in [3.63, 3.8) is 0 Å². The molecule has 108 valence electrons. The van der Waals surface area contributed by atoms with Gasteiger partial charge in [-0.15, -0.1) is 11.3 Å². The van der Waals surface area contributed by atoms with Crippen molar-refractivity contribution >= 4 is 17.2 Å². The third kappa shape index (κ3) is 4.15. The van der Waals surface area contributed by atoms with Gasteiger partial charge in [-0.05, 0) is 29.8 Å². The molecule has 0 spiro atoms. The van der Waals surface area contributed by atoms with Gasteiger partial charge in [-0.25, -0.2) is 4.39 Å². The molecule has 21 heavy (non-hydrogen) atoms. The highest BCUT2D eigenvalue weighted by Crippen LogP contribution is 2.18. The first-order valence-corrected chi connectivity index (χ1v) is 7.11.